The molecule has 188 valence electrons. The standard InChI is InChI=1S/C18H23NO3.C12H10O2/c1-13(2-3-14-4-8-16(20)9-5-14)19-12-18(22)15-6-10-17(21)11-7-15;13-12(14)8-10-6-3-5-9-4-1-2-7-11(9)10/h4-11,13,18-22H,2-3,12H2,1H3;1-7H,8H2,(H,13,14). The Morgan fingerprint density at radius 2 is 1.44 bits per heavy atom. The number of carbonyl (C=O) groups is 1. The fraction of sp³-hybridized carbons (Fsp3) is 0.233. The lowest BCUT2D eigenvalue weighted by Gasteiger charge is -2.17. The van der Waals surface area contributed by atoms with Crippen LogP contribution in [0.4, 0.5) is 0 Å². The molecule has 6 heteroatoms. The summed E-state index contributed by atoms with van der Waals surface area (Å²) < 4.78 is 0. The Bertz CT molecular complexity index is 1230. The molecule has 0 saturated carbocycles. The van der Waals surface area contributed by atoms with Crippen LogP contribution in [0.1, 0.15) is 36.1 Å². The Morgan fingerprint density at radius 1 is 0.833 bits per heavy atom. The predicted octanol–water partition coefficient (Wildman–Crippen LogP) is 5.21. The molecule has 0 aliphatic rings. The van der Waals surface area contributed by atoms with Gasteiger partial charge in [-0.15, -0.1) is 0 Å². The third-order valence-corrected chi connectivity index (χ3v) is 5.96. The summed E-state index contributed by atoms with van der Waals surface area (Å²) in [5, 5.41) is 42.7. The number of phenolic OH excluding ortho intramolecular Hbond substituents is 2. The summed E-state index contributed by atoms with van der Waals surface area (Å²) in [6.07, 6.45) is 1.37. The van der Waals surface area contributed by atoms with Crippen molar-refractivity contribution < 1.29 is 25.2 Å². The highest BCUT2D eigenvalue weighted by molar-refractivity contribution is 5.88. The number of nitrogens with one attached hydrogen (secondary N) is 1. The molecule has 2 atom stereocenters. The van der Waals surface area contributed by atoms with Crippen molar-refractivity contribution in [2.75, 3.05) is 6.54 Å². The third-order valence-electron chi connectivity index (χ3n) is 5.96. The van der Waals surface area contributed by atoms with Crippen LogP contribution >= 0.6 is 0 Å². The van der Waals surface area contributed by atoms with Gasteiger partial charge in [-0.1, -0.05) is 66.7 Å². The maximum Gasteiger partial charge on any atom is 0.307 e. The highest BCUT2D eigenvalue weighted by atomic mass is 16.4. The van der Waals surface area contributed by atoms with Gasteiger partial charge in [0.25, 0.3) is 0 Å². The number of benzene rings is 4. The molecule has 0 heterocycles. The van der Waals surface area contributed by atoms with Gasteiger partial charge in [-0.2, -0.15) is 0 Å². The molecule has 0 saturated heterocycles. The van der Waals surface area contributed by atoms with Crippen LogP contribution in [0.5, 0.6) is 11.5 Å². The highest BCUT2D eigenvalue weighted by Gasteiger charge is 2.10. The number of carboxylic acids is 1. The fourth-order valence-corrected chi connectivity index (χ4v) is 3.88. The normalized spacial score (nSPS) is 12.4. The van der Waals surface area contributed by atoms with Crippen molar-refractivity contribution >= 4 is 16.7 Å². The number of hydrogen-bond acceptors (Lipinski definition) is 5. The average Bonchev–Trinajstić information content (AvgIpc) is 2.88. The third kappa shape index (κ3) is 8.41. The number of hydrogen-bond donors (Lipinski definition) is 5. The molecule has 5 N–H and O–H groups in total. The molecule has 0 aliphatic carbocycles. The lowest BCUT2D eigenvalue weighted by Crippen LogP contribution is -2.30. The van der Waals surface area contributed by atoms with E-state index in [1.807, 2.05) is 54.6 Å². The fourth-order valence-electron chi connectivity index (χ4n) is 3.88. The molecular weight excluding hydrogens is 454 g/mol. The first-order valence-electron chi connectivity index (χ1n) is 12.0. The minimum absolute atomic E-state index is 0.0847. The van der Waals surface area contributed by atoms with Crippen LogP contribution in [0.15, 0.2) is 91.0 Å². The van der Waals surface area contributed by atoms with Crippen molar-refractivity contribution in [2.24, 2.45) is 0 Å². The summed E-state index contributed by atoms with van der Waals surface area (Å²) >= 11 is 0. The largest absolute Gasteiger partial charge is 0.508 e. The van der Waals surface area contributed by atoms with Gasteiger partial charge in [0.1, 0.15) is 11.5 Å². The Labute approximate surface area is 211 Å². The van der Waals surface area contributed by atoms with E-state index in [9.17, 15) is 20.1 Å². The molecule has 4 aromatic rings. The first-order valence-corrected chi connectivity index (χ1v) is 12.0. The Balaban J connectivity index is 0.000000221. The number of aliphatic hydroxyl groups excluding tert-OH is 1. The van der Waals surface area contributed by atoms with Crippen LogP contribution < -0.4 is 5.32 Å². The molecule has 4 rings (SSSR count). The minimum atomic E-state index is -0.790. The molecule has 36 heavy (non-hydrogen) atoms. The van der Waals surface area contributed by atoms with Crippen LogP contribution in [0.25, 0.3) is 10.8 Å². The zero-order valence-corrected chi connectivity index (χ0v) is 20.3. The summed E-state index contributed by atoms with van der Waals surface area (Å²) in [6, 6.07) is 27.7. The summed E-state index contributed by atoms with van der Waals surface area (Å²) in [5.74, 6) is -0.306. The van der Waals surface area contributed by atoms with Gasteiger partial charge < -0.3 is 25.7 Å². The average molecular weight is 488 g/mol. The highest BCUT2D eigenvalue weighted by Crippen LogP contribution is 2.19. The molecule has 0 radical (unpaired) electrons. The number of carboxylic acid groups (broad SMARTS) is 1. The van der Waals surface area contributed by atoms with Gasteiger partial charge in [-0.05, 0) is 71.5 Å². The Morgan fingerprint density at radius 3 is 2.11 bits per heavy atom. The molecule has 6 nitrogen and oxygen atoms in total. The second-order valence-corrected chi connectivity index (χ2v) is 8.83. The molecule has 0 aromatic heterocycles. The van der Waals surface area contributed by atoms with E-state index in [4.69, 9.17) is 5.11 Å². The van der Waals surface area contributed by atoms with Crippen molar-refractivity contribution in [3.8, 4) is 11.5 Å². The maximum absolute atomic E-state index is 10.6. The molecule has 0 spiro atoms. The van der Waals surface area contributed by atoms with Gasteiger partial charge in [0.05, 0.1) is 12.5 Å². The van der Waals surface area contributed by atoms with Gasteiger partial charge in [-0.3, -0.25) is 4.79 Å². The van der Waals surface area contributed by atoms with Crippen molar-refractivity contribution in [3.05, 3.63) is 108 Å². The quantitative estimate of drug-likeness (QED) is 0.222. The zero-order valence-electron chi connectivity index (χ0n) is 20.3. The SMILES string of the molecule is CC(CCc1ccc(O)cc1)NCC(O)c1ccc(O)cc1.O=C(O)Cc1cccc2ccccc12. The molecule has 0 fully saturated rings. The van der Waals surface area contributed by atoms with E-state index >= 15 is 0 Å². The Kier molecular flexibility index (Phi) is 9.86. The van der Waals surface area contributed by atoms with Crippen molar-refractivity contribution in [1.82, 2.24) is 5.32 Å². The van der Waals surface area contributed by atoms with E-state index in [1.165, 1.54) is 5.56 Å². The smallest absolute Gasteiger partial charge is 0.307 e. The summed E-state index contributed by atoms with van der Waals surface area (Å²) in [6.45, 7) is 2.56. The van der Waals surface area contributed by atoms with E-state index in [0.29, 0.717) is 6.54 Å². The maximum atomic E-state index is 10.6. The summed E-state index contributed by atoms with van der Waals surface area (Å²) in [5.41, 5.74) is 2.84. The zero-order chi connectivity index (χ0) is 25.9. The van der Waals surface area contributed by atoms with Crippen LogP contribution in [0.3, 0.4) is 0 Å². The number of fused-ring (bicyclic) bond motifs is 1. The second kappa shape index (κ2) is 13.3. The van der Waals surface area contributed by atoms with E-state index in [0.717, 1.165) is 34.7 Å². The lowest BCUT2D eigenvalue weighted by molar-refractivity contribution is -0.136. The van der Waals surface area contributed by atoms with E-state index in [-0.39, 0.29) is 24.0 Å². The van der Waals surface area contributed by atoms with Crippen molar-refractivity contribution in [2.45, 2.75) is 38.3 Å². The molecular formula is C30H33NO5. The molecule has 0 bridgehead atoms. The van der Waals surface area contributed by atoms with E-state index in [1.54, 1.807) is 36.4 Å². The minimum Gasteiger partial charge on any atom is -0.508 e. The number of aliphatic carboxylic acids is 1. The molecule has 0 amide bonds. The Hall–Kier alpha value is -3.87. The van der Waals surface area contributed by atoms with Gasteiger partial charge in [0.15, 0.2) is 0 Å². The summed E-state index contributed by atoms with van der Waals surface area (Å²) in [7, 11) is 0. The van der Waals surface area contributed by atoms with Crippen molar-refractivity contribution in [1.29, 1.82) is 0 Å². The number of aryl methyl sites for hydroxylation is 1. The van der Waals surface area contributed by atoms with Crippen LogP contribution in [-0.4, -0.2) is 39.0 Å². The monoisotopic (exact) mass is 487 g/mol. The lowest BCUT2D eigenvalue weighted by atomic mass is 10.0. The topological polar surface area (TPSA) is 110 Å². The van der Waals surface area contributed by atoms with Crippen LogP contribution in [0, 0.1) is 0 Å². The number of rotatable bonds is 9. The predicted molar refractivity (Wildman–Crippen MR) is 142 cm³/mol. The number of aromatic hydroxyl groups is 2. The molecule has 2 unspecified atom stereocenters. The first-order chi connectivity index (χ1) is 17.3. The van der Waals surface area contributed by atoms with Gasteiger partial charge >= 0.3 is 5.97 Å². The van der Waals surface area contributed by atoms with E-state index in [2.05, 4.69) is 12.2 Å². The van der Waals surface area contributed by atoms with E-state index < -0.39 is 12.1 Å². The van der Waals surface area contributed by atoms with Gasteiger partial charge in [-0.25, -0.2) is 0 Å². The van der Waals surface area contributed by atoms with Crippen molar-refractivity contribution in [3.63, 3.8) is 0 Å². The van der Waals surface area contributed by atoms with Gasteiger partial charge in [0, 0.05) is 12.6 Å². The molecule has 4 aromatic carbocycles. The number of aliphatic hydroxyl groups is 1. The number of phenols is 2. The van der Waals surface area contributed by atoms with Gasteiger partial charge in [0.2, 0.25) is 0 Å². The second-order valence-electron chi connectivity index (χ2n) is 8.83. The van der Waals surface area contributed by atoms with Crippen LogP contribution in [0.2, 0.25) is 0 Å². The molecule has 0 aliphatic heterocycles. The van der Waals surface area contributed by atoms with Crippen LogP contribution in [-0.2, 0) is 17.6 Å². The summed E-state index contributed by atoms with van der Waals surface area (Å²) in [4.78, 5) is 10.6. The first kappa shape index (κ1) is 26.7.